The zero-order valence-electron chi connectivity index (χ0n) is 10.2. The molecule has 0 aromatic heterocycles. The molecule has 1 fully saturated rings. The minimum absolute atomic E-state index is 0.155. The Bertz CT molecular complexity index is 418. The standard InChI is InChI=1S/C13H16O5/c1-16-9-3-2-4-10(7-9)17-8-11-5-6-12(18-11)13(14)15/h2-4,7,11-12H,5-6,8H2,1H3,(H,14,15). The molecule has 0 saturated carbocycles. The molecule has 1 aromatic rings. The summed E-state index contributed by atoms with van der Waals surface area (Å²) in [6.45, 7) is 0.358. The highest BCUT2D eigenvalue weighted by Gasteiger charge is 2.30. The van der Waals surface area contributed by atoms with Gasteiger partial charge in [-0.2, -0.15) is 0 Å². The van der Waals surface area contributed by atoms with E-state index >= 15 is 0 Å². The van der Waals surface area contributed by atoms with Gasteiger partial charge in [0.1, 0.15) is 18.1 Å². The van der Waals surface area contributed by atoms with Crippen molar-refractivity contribution < 1.29 is 24.1 Å². The largest absolute Gasteiger partial charge is 0.497 e. The van der Waals surface area contributed by atoms with Crippen molar-refractivity contribution in [3.05, 3.63) is 24.3 Å². The molecule has 18 heavy (non-hydrogen) atoms. The van der Waals surface area contributed by atoms with Crippen LogP contribution in [0, 0.1) is 0 Å². The summed E-state index contributed by atoms with van der Waals surface area (Å²) >= 11 is 0. The number of benzene rings is 1. The number of carboxylic acid groups (broad SMARTS) is 1. The van der Waals surface area contributed by atoms with Crippen LogP contribution >= 0.6 is 0 Å². The van der Waals surface area contributed by atoms with Crippen LogP contribution in [-0.4, -0.2) is 37.0 Å². The van der Waals surface area contributed by atoms with Crippen LogP contribution in [0.5, 0.6) is 11.5 Å². The molecule has 1 aliphatic rings. The zero-order valence-corrected chi connectivity index (χ0v) is 10.2. The van der Waals surface area contributed by atoms with Gasteiger partial charge in [-0.25, -0.2) is 4.79 Å². The molecule has 0 radical (unpaired) electrons. The molecule has 0 bridgehead atoms. The van der Waals surface area contributed by atoms with Gasteiger partial charge < -0.3 is 19.3 Å². The number of aliphatic carboxylic acids is 1. The van der Waals surface area contributed by atoms with Crippen molar-refractivity contribution in [2.45, 2.75) is 25.0 Å². The summed E-state index contributed by atoms with van der Waals surface area (Å²) in [7, 11) is 1.59. The number of hydrogen-bond donors (Lipinski definition) is 1. The van der Waals surface area contributed by atoms with Gasteiger partial charge in [0, 0.05) is 6.07 Å². The molecule has 0 amide bonds. The summed E-state index contributed by atoms with van der Waals surface area (Å²) < 4.78 is 16.0. The van der Waals surface area contributed by atoms with E-state index in [2.05, 4.69) is 0 Å². The first kappa shape index (κ1) is 12.7. The van der Waals surface area contributed by atoms with Crippen LogP contribution in [0.15, 0.2) is 24.3 Å². The molecular weight excluding hydrogens is 236 g/mol. The summed E-state index contributed by atoms with van der Waals surface area (Å²) in [4.78, 5) is 10.7. The number of hydrogen-bond acceptors (Lipinski definition) is 4. The smallest absolute Gasteiger partial charge is 0.332 e. The van der Waals surface area contributed by atoms with Gasteiger partial charge in [0.05, 0.1) is 13.2 Å². The average molecular weight is 252 g/mol. The Labute approximate surface area is 105 Å². The normalized spacial score (nSPS) is 22.7. The van der Waals surface area contributed by atoms with Gasteiger partial charge in [-0.1, -0.05) is 6.07 Å². The third-order valence-corrected chi connectivity index (χ3v) is 2.86. The molecule has 98 valence electrons. The van der Waals surface area contributed by atoms with E-state index in [4.69, 9.17) is 19.3 Å². The summed E-state index contributed by atoms with van der Waals surface area (Å²) in [6, 6.07) is 7.28. The van der Waals surface area contributed by atoms with Crippen molar-refractivity contribution in [2.24, 2.45) is 0 Å². The fourth-order valence-corrected chi connectivity index (χ4v) is 1.89. The first-order valence-corrected chi connectivity index (χ1v) is 5.84. The van der Waals surface area contributed by atoms with E-state index < -0.39 is 12.1 Å². The molecule has 2 rings (SSSR count). The topological polar surface area (TPSA) is 65.0 Å². The third kappa shape index (κ3) is 3.13. The van der Waals surface area contributed by atoms with Gasteiger partial charge in [0.15, 0.2) is 6.10 Å². The first-order valence-electron chi connectivity index (χ1n) is 5.84. The van der Waals surface area contributed by atoms with Crippen LogP contribution in [0.1, 0.15) is 12.8 Å². The Balaban J connectivity index is 1.83. The predicted molar refractivity (Wildman–Crippen MR) is 64.0 cm³/mol. The number of rotatable bonds is 5. The van der Waals surface area contributed by atoms with Gasteiger partial charge in [-0.15, -0.1) is 0 Å². The second-order valence-electron chi connectivity index (χ2n) is 4.15. The van der Waals surface area contributed by atoms with Gasteiger partial charge in [0.25, 0.3) is 0 Å². The summed E-state index contributed by atoms with van der Waals surface area (Å²) in [5, 5.41) is 8.80. The van der Waals surface area contributed by atoms with E-state index in [1.807, 2.05) is 18.2 Å². The van der Waals surface area contributed by atoms with Crippen molar-refractivity contribution in [2.75, 3.05) is 13.7 Å². The molecule has 1 heterocycles. The van der Waals surface area contributed by atoms with Crippen LogP contribution < -0.4 is 9.47 Å². The van der Waals surface area contributed by atoms with Crippen LogP contribution in [0.25, 0.3) is 0 Å². The quantitative estimate of drug-likeness (QED) is 0.864. The summed E-state index contributed by atoms with van der Waals surface area (Å²) in [5.41, 5.74) is 0. The van der Waals surface area contributed by atoms with Crippen LogP contribution in [0.3, 0.4) is 0 Å². The van der Waals surface area contributed by atoms with Crippen LogP contribution in [0.2, 0.25) is 0 Å². The van der Waals surface area contributed by atoms with Crippen LogP contribution in [0.4, 0.5) is 0 Å². The maximum atomic E-state index is 10.7. The summed E-state index contributed by atoms with van der Waals surface area (Å²) in [5.74, 6) is 0.513. The Morgan fingerprint density at radius 3 is 2.89 bits per heavy atom. The third-order valence-electron chi connectivity index (χ3n) is 2.86. The number of carboxylic acids is 1. The predicted octanol–water partition coefficient (Wildman–Crippen LogP) is 1.71. The second kappa shape index (κ2) is 5.73. The lowest BCUT2D eigenvalue weighted by molar-refractivity contribution is -0.149. The van der Waals surface area contributed by atoms with Crippen molar-refractivity contribution in [1.82, 2.24) is 0 Å². The average Bonchev–Trinajstić information content (AvgIpc) is 2.85. The zero-order chi connectivity index (χ0) is 13.0. The van der Waals surface area contributed by atoms with Crippen molar-refractivity contribution in [1.29, 1.82) is 0 Å². The maximum absolute atomic E-state index is 10.7. The highest BCUT2D eigenvalue weighted by atomic mass is 16.6. The molecule has 0 spiro atoms. The maximum Gasteiger partial charge on any atom is 0.332 e. The molecule has 1 N–H and O–H groups in total. The van der Waals surface area contributed by atoms with E-state index in [9.17, 15) is 4.79 Å². The Morgan fingerprint density at radius 2 is 2.22 bits per heavy atom. The van der Waals surface area contributed by atoms with Crippen molar-refractivity contribution >= 4 is 5.97 Å². The van der Waals surface area contributed by atoms with E-state index in [0.717, 1.165) is 5.75 Å². The van der Waals surface area contributed by atoms with Gasteiger partial charge >= 0.3 is 5.97 Å². The first-order chi connectivity index (χ1) is 8.69. The SMILES string of the molecule is COc1cccc(OCC2CCC(C(=O)O)O2)c1. The van der Waals surface area contributed by atoms with Gasteiger partial charge in [-0.05, 0) is 25.0 Å². The highest BCUT2D eigenvalue weighted by molar-refractivity contribution is 5.72. The van der Waals surface area contributed by atoms with E-state index in [-0.39, 0.29) is 6.10 Å². The number of ether oxygens (including phenoxy) is 3. The monoisotopic (exact) mass is 252 g/mol. The van der Waals surface area contributed by atoms with Gasteiger partial charge in [-0.3, -0.25) is 0 Å². The molecular formula is C13H16O5. The van der Waals surface area contributed by atoms with Crippen LogP contribution in [-0.2, 0) is 9.53 Å². The number of carbonyl (C=O) groups is 1. The Hall–Kier alpha value is -1.75. The Kier molecular flexibility index (Phi) is 4.04. The molecule has 1 aromatic carbocycles. The lowest BCUT2D eigenvalue weighted by Crippen LogP contribution is -2.23. The fourth-order valence-electron chi connectivity index (χ4n) is 1.89. The molecule has 2 unspecified atom stereocenters. The Morgan fingerprint density at radius 1 is 1.44 bits per heavy atom. The van der Waals surface area contributed by atoms with Gasteiger partial charge in [0.2, 0.25) is 0 Å². The highest BCUT2D eigenvalue weighted by Crippen LogP contribution is 2.23. The fraction of sp³-hybridized carbons (Fsp3) is 0.462. The van der Waals surface area contributed by atoms with E-state index in [1.54, 1.807) is 13.2 Å². The summed E-state index contributed by atoms with van der Waals surface area (Å²) in [6.07, 6.45) is 0.406. The van der Waals surface area contributed by atoms with E-state index in [0.29, 0.717) is 25.2 Å². The number of methoxy groups -OCH3 is 1. The van der Waals surface area contributed by atoms with E-state index in [1.165, 1.54) is 0 Å². The molecule has 5 nitrogen and oxygen atoms in total. The van der Waals surface area contributed by atoms with Crippen molar-refractivity contribution in [3.8, 4) is 11.5 Å². The molecule has 5 heteroatoms. The molecule has 1 aliphatic heterocycles. The minimum atomic E-state index is -0.904. The molecule has 1 saturated heterocycles. The lowest BCUT2D eigenvalue weighted by atomic mass is 10.2. The minimum Gasteiger partial charge on any atom is -0.497 e. The van der Waals surface area contributed by atoms with Crippen molar-refractivity contribution in [3.63, 3.8) is 0 Å². The lowest BCUT2D eigenvalue weighted by Gasteiger charge is -2.13. The molecule has 2 atom stereocenters. The molecule has 0 aliphatic carbocycles. The second-order valence-corrected chi connectivity index (χ2v) is 4.15.